The van der Waals surface area contributed by atoms with Crippen LogP contribution in [0.2, 0.25) is 0 Å². The van der Waals surface area contributed by atoms with E-state index in [0.29, 0.717) is 13.0 Å². The molecule has 1 unspecified atom stereocenters. The van der Waals surface area contributed by atoms with Crippen molar-refractivity contribution < 1.29 is 14.3 Å². The van der Waals surface area contributed by atoms with Crippen LogP contribution in [-0.4, -0.2) is 46.4 Å². The number of likely N-dealkylation sites (tertiary alicyclic amines) is 1. The van der Waals surface area contributed by atoms with Gasteiger partial charge in [0.1, 0.15) is 11.7 Å². The van der Waals surface area contributed by atoms with Gasteiger partial charge in [0.25, 0.3) is 5.91 Å². The van der Waals surface area contributed by atoms with Crippen molar-refractivity contribution in [2.45, 2.75) is 18.9 Å². The molecule has 0 bridgehead atoms. The predicted octanol–water partition coefficient (Wildman–Crippen LogP) is 0.254. The van der Waals surface area contributed by atoms with E-state index in [-0.39, 0.29) is 17.6 Å². The molecule has 2 rings (SSSR count). The van der Waals surface area contributed by atoms with Gasteiger partial charge in [0.05, 0.1) is 13.3 Å². The second kappa shape index (κ2) is 4.90. The second-order valence-electron chi connectivity index (χ2n) is 3.77. The van der Waals surface area contributed by atoms with Crippen LogP contribution in [0.15, 0.2) is 18.6 Å². The van der Waals surface area contributed by atoms with Crippen molar-refractivity contribution in [2.75, 3.05) is 13.7 Å². The first-order chi connectivity index (χ1) is 8.24. The average molecular weight is 235 g/mol. The maximum atomic E-state index is 12.1. The molecule has 0 aliphatic carbocycles. The van der Waals surface area contributed by atoms with Gasteiger partial charge in [-0.15, -0.1) is 0 Å². The van der Waals surface area contributed by atoms with E-state index in [9.17, 15) is 9.59 Å². The molecule has 1 atom stereocenters. The number of hydrogen-bond donors (Lipinski definition) is 0. The summed E-state index contributed by atoms with van der Waals surface area (Å²) in [6.07, 6.45) is 5.79. The van der Waals surface area contributed by atoms with Gasteiger partial charge >= 0.3 is 5.97 Å². The molecule has 1 aliphatic rings. The van der Waals surface area contributed by atoms with Gasteiger partial charge in [-0.3, -0.25) is 9.78 Å². The monoisotopic (exact) mass is 235 g/mol. The van der Waals surface area contributed by atoms with Gasteiger partial charge in [0, 0.05) is 18.9 Å². The Morgan fingerprint density at radius 1 is 1.47 bits per heavy atom. The summed E-state index contributed by atoms with van der Waals surface area (Å²) in [4.78, 5) is 32.9. The lowest BCUT2D eigenvalue weighted by Crippen LogP contribution is -2.41. The fourth-order valence-corrected chi connectivity index (χ4v) is 1.95. The Hall–Kier alpha value is -1.98. The quantitative estimate of drug-likeness (QED) is 0.687. The fourth-order valence-electron chi connectivity index (χ4n) is 1.95. The second-order valence-corrected chi connectivity index (χ2v) is 3.77. The summed E-state index contributed by atoms with van der Waals surface area (Å²) in [6.45, 7) is 0.551. The first-order valence-electron chi connectivity index (χ1n) is 5.39. The zero-order valence-electron chi connectivity index (χ0n) is 9.50. The molecule has 90 valence electrons. The van der Waals surface area contributed by atoms with Gasteiger partial charge in [-0.25, -0.2) is 9.78 Å². The van der Waals surface area contributed by atoms with Gasteiger partial charge in [-0.05, 0) is 12.8 Å². The van der Waals surface area contributed by atoms with Crippen LogP contribution in [0.1, 0.15) is 23.3 Å². The molecule has 0 N–H and O–H groups in total. The Balaban J connectivity index is 2.17. The van der Waals surface area contributed by atoms with E-state index in [0.717, 1.165) is 6.42 Å². The molecule has 0 spiro atoms. The SMILES string of the molecule is COC(=O)C1CCCN1C(=O)c1cnccn1. The molecule has 0 aromatic carbocycles. The average Bonchev–Trinajstić information content (AvgIpc) is 2.87. The van der Waals surface area contributed by atoms with E-state index in [2.05, 4.69) is 14.7 Å². The Bertz CT molecular complexity index is 421. The Labute approximate surface area is 98.6 Å². The number of methoxy groups -OCH3 is 1. The van der Waals surface area contributed by atoms with Gasteiger partial charge < -0.3 is 9.64 Å². The van der Waals surface area contributed by atoms with Gasteiger partial charge in [0.2, 0.25) is 0 Å². The minimum Gasteiger partial charge on any atom is -0.467 e. The molecule has 1 amide bonds. The van der Waals surface area contributed by atoms with Crippen LogP contribution in [0.5, 0.6) is 0 Å². The molecule has 1 aromatic rings. The zero-order chi connectivity index (χ0) is 12.3. The molecule has 1 saturated heterocycles. The van der Waals surface area contributed by atoms with E-state index in [1.54, 1.807) is 0 Å². The molecule has 1 aromatic heterocycles. The fraction of sp³-hybridized carbons (Fsp3) is 0.455. The Morgan fingerprint density at radius 2 is 2.29 bits per heavy atom. The molecular formula is C11H13N3O3. The van der Waals surface area contributed by atoms with Gasteiger partial charge in [-0.2, -0.15) is 0 Å². The summed E-state index contributed by atoms with van der Waals surface area (Å²) in [7, 11) is 1.33. The van der Waals surface area contributed by atoms with E-state index in [4.69, 9.17) is 0 Å². The minimum atomic E-state index is -0.491. The van der Waals surface area contributed by atoms with Crippen LogP contribution in [0.4, 0.5) is 0 Å². The third-order valence-corrected chi connectivity index (χ3v) is 2.77. The number of hydrogen-bond acceptors (Lipinski definition) is 5. The molecule has 17 heavy (non-hydrogen) atoms. The first kappa shape index (κ1) is 11.5. The minimum absolute atomic E-state index is 0.253. The van der Waals surface area contributed by atoms with Gasteiger partial charge in [0.15, 0.2) is 0 Å². The topological polar surface area (TPSA) is 72.4 Å². The van der Waals surface area contributed by atoms with Crippen LogP contribution in [0.25, 0.3) is 0 Å². The van der Waals surface area contributed by atoms with Crippen molar-refractivity contribution in [3.05, 3.63) is 24.3 Å². The lowest BCUT2D eigenvalue weighted by Gasteiger charge is -2.21. The third-order valence-electron chi connectivity index (χ3n) is 2.77. The molecule has 0 saturated carbocycles. The Morgan fingerprint density at radius 3 is 2.94 bits per heavy atom. The van der Waals surface area contributed by atoms with Crippen molar-refractivity contribution in [2.24, 2.45) is 0 Å². The summed E-state index contributed by atoms with van der Waals surface area (Å²) in [6, 6.07) is -0.491. The molecule has 1 aliphatic heterocycles. The third kappa shape index (κ3) is 2.25. The maximum absolute atomic E-state index is 12.1. The van der Waals surface area contributed by atoms with Crippen LogP contribution in [0.3, 0.4) is 0 Å². The number of ether oxygens (including phenoxy) is 1. The van der Waals surface area contributed by atoms with Crippen molar-refractivity contribution in [3.8, 4) is 0 Å². The predicted molar refractivity (Wildman–Crippen MR) is 58.1 cm³/mol. The van der Waals surface area contributed by atoms with Crippen molar-refractivity contribution in [1.82, 2.24) is 14.9 Å². The van der Waals surface area contributed by atoms with Crippen LogP contribution in [-0.2, 0) is 9.53 Å². The number of rotatable bonds is 2. The van der Waals surface area contributed by atoms with Crippen LogP contribution in [0, 0.1) is 0 Å². The molecule has 6 nitrogen and oxygen atoms in total. The molecule has 2 heterocycles. The summed E-state index contributed by atoms with van der Waals surface area (Å²) in [5.74, 6) is -0.647. The van der Waals surface area contributed by atoms with E-state index < -0.39 is 6.04 Å². The Kier molecular flexibility index (Phi) is 3.32. The van der Waals surface area contributed by atoms with Crippen molar-refractivity contribution >= 4 is 11.9 Å². The van der Waals surface area contributed by atoms with E-state index in [1.807, 2.05) is 0 Å². The molecule has 0 radical (unpaired) electrons. The van der Waals surface area contributed by atoms with Gasteiger partial charge in [-0.1, -0.05) is 0 Å². The highest BCUT2D eigenvalue weighted by atomic mass is 16.5. The smallest absolute Gasteiger partial charge is 0.328 e. The standard InChI is InChI=1S/C11H13N3O3/c1-17-11(16)9-3-2-6-14(9)10(15)8-7-12-4-5-13-8/h4-5,7,9H,2-3,6H2,1H3. The number of amides is 1. The number of nitrogens with zero attached hydrogens (tertiary/aromatic N) is 3. The molecule has 1 fully saturated rings. The zero-order valence-corrected chi connectivity index (χ0v) is 9.50. The van der Waals surface area contributed by atoms with Crippen LogP contribution < -0.4 is 0 Å². The largest absolute Gasteiger partial charge is 0.467 e. The highest BCUT2D eigenvalue weighted by Crippen LogP contribution is 2.20. The highest BCUT2D eigenvalue weighted by molar-refractivity contribution is 5.95. The number of carbonyl (C=O) groups is 2. The first-order valence-corrected chi connectivity index (χ1v) is 5.39. The summed E-state index contributed by atoms with van der Waals surface area (Å²) in [5, 5.41) is 0. The number of esters is 1. The van der Waals surface area contributed by atoms with E-state index >= 15 is 0 Å². The lowest BCUT2D eigenvalue weighted by atomic mass is 10.2. The molecular weight excluding hydrogens is 222 g/mol. The summed E-state index contributed by atoms with van der Waals surface area (Å²) in [5.41, 5.74) is 0.253. The summed E-state index contributed by atoms with van der Waals surface area (Å²) >= 11 is 0. The number of aromatic nitrogens is 2. The number of carbonyl (C=O) groups excluding carboxylic acids is 2. The lowest BCUT2D eigenvalue weighted by molar-refractivity contribution is -0.145. The maximum Gasteiger partial charge on any atom is 0.328 e. The van der Waals surface area contributed by atoms with E-state index in [1.165, 1.54) is 30.6 Å². The summed E-state index contributed by atoms with van der Waals surface area (Å²) < 4.78 is 4.68. The highest BCUT2D eigenvalue weighted by Gasteiger charge is 2.35. The molecule has 6 heteroatoms. The van der Waals surface area contributed by atoms with Crippen molar-refractivity contribution in [1.29, 1.82) is 0 Å². The normalized spacial score (nSPS) is 19.1. The van der Waals surface area contributed by atoms with Crippen LogP contribution >= 0.6 is 0 Å². The van der Waals surface area contributed by atoms with Crippen molar-refractivity contribution in [3.63, 3.8) is 0 Å².